The van der Waals surface area contributed by atoms with Crippen LogP contribution in [0.25, 0.3) is 11.1 Å². The molecule has 0 aromatic heterocycles. The first-order valence-corrected chi connectivity index (χ1v) is 12.1. The fraction of sp³-hybridized carbons (Fsp3) is 0.444. The molecule has 4 rings (SSSR count). The Morgan fingerprint density at radius 2 is 1.68 bits per heavy atom. The molecule has 0 aliphatic heterocycles. The normalized spacial score (nSPS) is 19.7. The van der Waals surface area contributed by atoms with E-state index in [4.69, 9.17) is 9.84 Å². The van der Waals surface area contributed by atoms with Gasteiger partial charge in [-0.3, -0.25) is 9.59 Å². The van der Waals surface area contributed by atoms with E-state index in [2.05, 4.69) is 34.9 Å². The molecule has 7 nitrogen and oxygen atoms in total. The highest BCUT2D eigenvalue weighted by Gasteiger charge is 2.30. The minimum absolute atomic E-state index is 0.000328. The van der Waals surface area contributed by atoms with Crippen LogP contribution in [-0.4, -0.2) is 42.3 Å². The number of carbonyl (C=O) groups is 3. The third-order valence-electron chi connectivity index (χ3n) is 7.05. The molecule has 2 aliphatic rings. The quantitative estimate of drug-likeness (QED) is 0.513. The number of carboxylic acid groups (broad SMARTS) is 1. The molecule has 7 heteroatoms. The average molecular weight is 465 g/mol. The highest BCUT2D eigenvalue weighted by atomic mass is 16.5. The van der Waals surface area contributed by atoms with Gasteiger partial charge in [-0.1, -0.05) is 55.5 Å². The summed E-state index contributed by atoms with van der Waals surface area (Å²) < 4.78 is 5.56. The van der Waals surface area contributed by atoms with E-state index < -0.39 is 12.1 Å². The van der Waals surface area contributed by atoms with Crippen molar-refractivity contribution in [3.8, 4) is 11.1 Å². The van der Waals surface area contributed by atoms with Crippen LogP contribution in [0.2, 0.25) is 0 Å². The second kappa shape index (κ2) is 10.7. The predicted molar refractivity (Wildman–Crippen MR) is 128 cm³/mol. The Bertz CT molecular complexity index is 1010. The van der Waals surface area contributed by atoms with Gasteiger partial charge >= 0.3 is 12.1 Å². The lowest BCUT2D eigenvalue weighted by Crippen LogP contribution is -2.42. The molecule has 1 fully saturated rings. The van der Waals surface area contributed by atoms with E-state index in [1.54, 1.807) is 0 Å². The first kappa shape index (κ1) is 23.8. The second-order valence-corrected chi connectivity index (χ2v) is 9.29. The summed E-state index contributed by atoms with van der Waals surface area (Å²) in [6.07, 6.45) is 2.49. The van der Waals surface area contributed by atoms with Gasteiger partial charge in [-0.2, -0.15) is 0 Å². The number of aliphatic carboxylic acids is 1. The number of ether oxygens (including phenoxy) is 1. The van der Waals surface area contributed by atoms with Gasteiger partial charge in [0.1, 0.15) is 6.61 Å². The van der Waals surface area contributed by atoms with Crippen molar-refractivity contribution in [1.82, 2.24) is 10.6 Å². The first-order chi connectivity index (χ1) is 16.5. The highest BCUT2D eigenvalue weighted by molar-refractivity contribution is 5.80. The van der Waals surface area contributed by atoms with E-state index in [1.165, 1.54) is 11.1 Å². The van der Waals surface area contributed by atoms with Crippen molar-refractivity contribution in [2.75, 3.05) is 13.2 Å². The Hall–Kier alpha value is -3.35. The molecule has 0 saturated heterocycles. The third kappa shape index (κ3) is 5.41. The number of benzene rings is 2. The van der Waals surface area contributed by atoms with Crippen molar-refractivity contribution in [2.45, 2.75) is 51.0 Å². The number of alkyl carbamates (subject to hydrolysis) is 1. The minimum atomic E-state index is -0.796. The molecular weight excluding hydrogens is 432 g/mol. The first-order valence-electron chi connectivity index (χ1n) is 12.1. The van der Waals surface area contributed by atoms with E-state index in [0.717, 1.165) is 24.0 Å². The summed E-state index contributed by atoms with van der Waals surface area (Å²) in [4.78, 5) is 36.0. The van der Waals surface area contributed by atoms with Gasteiger partial charge in [-0.15, -0.1) is 0 Å². The summed E-state index contributed by atoms with van der Waals surface area (Å²) in [5.74, 6) is -1.16. The van der Waals surface area contributed by atoms with Gasteiger partial charge in [0.15, 0.2) is 0 Å². The van der Waals surface area contributed by atoms with Crippen molar-refractivity contribution in [3.05, 3.63) is 59.7 Å². The Morgan fingerprint density at radius 1 is 1.03 bits per heavy atom. The van der Waals surface area contributed by atoms with Gasteiger partial charge in [0, 0.05) is 24.9 Å². The van der Waals surface area contributed by atoms with E-state index in [1.807, 2.05) is 31.2 Å². The lowest BCUT2D eigenvalue weighted by molar-refractivity contribution is -0.138. The molecule has 2 amide bonds. The van der Waals surface area contributed by atoms with Crippen LogP contribution < -0.4 is 10.6 Å². The van der Waals surface area contributed by atoms with Gasteiger partial charge in [0.2, 0.25) is 5.91 Å². The van der Waals surface area contributed by atoms with E-state index >= 15 is 0 Å². The van der Waals surface area contributed by atoms with Crippen molar-refractivity contribution in [3.63, 3.8) is 0 Å². The molecule has 0 bridgehead atoms. The number of nitrogens with one attached hydrogen (secondary N) is 2. The molecule has 1 saturated carbocycles. The van der Waals surface area contributed by atoms with Crippen molar-refractivity contribution < 1.29 is 24.2 Å². The molecule has 3 unspecified atom stereocenters. The van der Waals surface area contributed by atoms with Crippen LogP contribution in [0.5, 0.6) is 0 Å². The van der Waals surface area contributed by atoms with Crippen LogP contribution in [0.3, 0.4) is 0 Å². The summed E-state index contributed by atoms with van der Waals surface area (Å²) in [6, 6.07) is 16.3. The van der Waals surface area contributed by atoms with Crippen LogP contribution in [-0.2, 0) is 14.3 Å². The average Bonchev–Trinajstić information content (AvgIpc) is 3.39. The Balaban J connectivity index is 1.26. The smallest absolute Gasteiger partial charge is 0.407 e. The zero-order valence-electron chi connectivity index (χ0n) is 19.5. The monoisotopic (exact) mass is 464 g/mol. The number of carbonyl (C=O) groups excluding carboxylic acids is 2. The van der Waals surface area contributed by atoms with Gasteiger partial charge in [0.25, 0.3) is 0 Å². The third-order valence-corrected chi connectivity index (χ3v) is 7.05. The van der Waals surface area contributed by atoms with E-state index in [-0.39, 0.29) is 49.3 Å². The Kier molecular flexibility index (Phi) is 7.50. The van der Waals surface area contributed by atoms with Gasteiger partial charge in [0.05, 0.1) is 5.92 Å². The molecule has 0 heterocycles. The number of amides is 2. The summed E-state index contributed by atoms with van der Waals surface area (Å²) in [6.45, 7) is 2.34. The van der Waals surface area contributed by atoms with Crippen molar-refractivity contribution in [2.24, 2.45) is 11.8 Å². The molecular formula is C27H32N2O5. The summed E-state index contributed by atoms with van der Waals surface area (Å²) in [5, 5.41) is 14.7. The number of rotatable bonds is 9. The maximum atomic E-state index is 12.7. The molecule has 3 atom stereocenters. The zero-order chi connectivity index (χ0) is 24.1. The van der Waals surface area contributed by atoms with E-state index in [9.17, 15) is 14.4 Å². The van der Waals surface area contributed by atoms with Crippen molar-refractivity contribution in [1.29, 1.82) is 0 Å². The molecule has 0 spiro atoms. The molecule has 0 radical (unpaired) electrons. The molecule has 2 aromatic carbocycles. The maximum Gasteiger partial charge on any atom is 0.407 e. The van der Waals surface area contributed by atoms with Crippen molar-refractivity contribution >= 4 is 18.0 Å². The molecule has 2 aromatic rings. The molecule has 180 valence electrons. The fourth-order valence-corrected chi connectivity index (χ4v) is 5.24. The lowest BCUT2D eigenvalue weighted by atomic mass is 9.98. The molecule has 34 heavy (non-hydrogen) atoms. The van der Waals surface area contributed by atoms with Crippen LogP contribution in [0.4, 0.5) is 4.79 Å². The second-order valence-electron chi connectivity index (χ2n) is 9.29. The SMILES string of the molecule is CCC(CNC(=O)OCC1c2ccccc2-c2ccccc21)C(=O)NC1CCC(CC(=O)O)C1. The Morgan fingerprint density at radius 3 is 2.29 bits per heavy atom. The summed E-state index contributed by atoms with van der Waals surface area (Å²) >= 11 is 0. The fourth-order valence-electron chi connectivity index (χ4n) is 5.24. The van der Waals surface area contributed by atoms with Gasteiger partial charge < -0.3 is 20.5 Å². The largest absolute Gasteiger partial charge is 0.481 e. The van der Waals surface area contributed by atoms with Crippen LogP contribution in [0, 0.1) is 11.8 Å². The molecule has 3 N–H and O–H groups in total. The zero-order valence-corrected chi connectivity index (χ0v) is 19.5. The number of hydrogen-bond donors (Lipinski definition) is 3. The number of fused-ring (bicyclic) bond motifs is 3. The van der Waals surface area contributed by atoms with E-state index in [0.29, 0.717) is 12.8 Å². The topological polar surface area (TPSA) is 105 Å². The standard InChI is InChI=1S/C27H32N2O5/c1-2-18(26(32)29-19-12-11-17(13-19)14-25(30)31)15-28-27(33)34-16-24-22-9-5-3-7-20(22)21-8-4-6-10-23(21)24/h3-10,17-19,24H,2,11-16H2,1H3,(H,28,33)(H,29,32)(H,30,31). The van der Waals surface area contributed by atoms with Crippen LogP contribution in [0.15, 0.2) is 48.5 Å². The Labute approximate surface area is 199 Å². The van der Waals surface area contributed by atoms with Gasteiger partial charge in [-0.05, 0) is 53.9 Å². The summed E-state index contributed by atoms with van der Waals surface area (Å²) in [5.41, 5.74) is 4.65. The molecule has 2 aliphatic carbocycles. The minimum Gasteiger partial charge on any atom is -0.481 e. The lowest BCUT2D eigenvalue weighted by Gasteiger charge is -2.20. The van der Waals surface area contributed by atoms with Crippen LogP contribution in [0.1, 0.15) is 56.1 Å². The maximum absolute atomic E-state index is 12.7. The predicted octanol–water partition coefficient (Wildman–Crippen LogP) is 4.31. The number of carboxylic acids is 1. The number of hydrogen-bond acceptors (Lipinski definition) is 4. The van der Waals surface area contributed by atoms with Gasteiger partial charge in [-0.25, -0.2) is 4.79 Å². The summed E-state index contributed by atoms with van der Waals surface area (Å²) in [7, 11) is 0. The van der Waals surface area contributed by atoms with Crippen LogP contribution >= 0.6 is 0 Å². The highest BCUT2D eigenvalue weighted by Crippen LogP contribution is 2.44.